The number of nitrogens with zero attached hydrogens (tertiary/aromatic N) is 1. The van der Waals surface area contributed by atoms with Crippen molar-refractivity contribution in [1.82, 2.24) is 4.98 Å². The molecule has 0 N–H and O–H groups in total. The number of thiazole rings is 1. The van der Waals surface area contributed by atoms with Crippen LogP contribution < -0.4 is 0 Å². The van der Waals surface area contributed by atoms with E-state index in [0.29, 0.717) is 10.0 Å². The number of benzene rings is 1. The van der Waals surface area contributed by atoms with Gasteiger partial charge >= 0.3 is 0 Å². The van der Waals surface area contributed by atoms with Gasteiger partial charge in [0.1, 0.15) is 5.01 Å². The molecule has 0 aliphatic rings. The Morgan fingerprint density at radius 3 is 2.80 bits per heavy atom. The quantitative estimate of drug-likeness (QED) is 0.708. The lowest BCUT2D eigenvalue weighted by Gasteiger charge is -2.01. The Hall–Kier alpha value is -0.0900. The van der Waals surface area contributed by atoms with Crippen molar-refractivity contribution < 1.29 is 0 Å². The second-order valence-corrected chi connectivity index (χ2v) is 5.33. The van der Waals surface area contributed by atoms with Crippen LogP contribution in [0.2, 0.25) is 10.0 Å². The van der Waals surface area contributed by atoms with E-state index < -0.39 is 0 Å². The van der Waals surface area contributed by atoms with Gasteiger partial charge in [0.15, 0.2) is 0 Å². The first-order chi connectivity index (χ1) is 7.22. The molecule has 1 nitrogen and oxygen atoms in total. The lowest BCUT2D eigenvalue weighted by atomic mass is 10.2. The van der Waals surface area contributed by atoms with Gasteiger partial charge in [0.05, 0.1) is 10.0 Å². The predicted molar refractivity (Wildman–Crippen MR) is 70.2 cm³/mol. The molecule has 0 radical (unpaired) electrons. The molecule has 2 rings (SSSR count). The van der Waals surface area contributed by atoms with Crippen LogP contribution in [0.4, 0.5) is 0 Å². The zero-order chi connectivity index (χ0) is 10.8. The molecule has 0 amide bonds. The van der Waals surface area contributed by atoms with Crippen molar-refractivity contribution in [3.63, 3.8) is 0 Å². The topological polar surface area (TPSA) is 12.9 Å². The number of rotatable bonds is 2. The van der Waals surface area contributed by atoms with Gasteiger partial charge in [-0.1, -0.05) is 51.3 Å². The zero-order valence-corrected chi connectivity index (χ0v) is 11.4. The molecule has 0 aliphatic carbocycles. The van der Waals surface area contributed by atoms with E-state index in [1.54, 1.807) is 17.4 Å². The molecule has 1 aromatic heterocycles. The third-order valence-electron chi connectivity index (χ3n) is 1.87. The van der Waals surface area contributed by atoms with Crippen LogP contribution in [0.5, 0.6) is 0 Å². The van der Waals surface area contributed by atoms with Crippen molar-refractivity contribution >= 4 is 50.5 Å². The molecule has 0 saturated carbocycles. The van der Waals surface area contributed by atoms with Crippen LogP contribution in [-0.2, 0) is 5.33 Å². The van der Waals surface area contributed by atoms with Crippen molar-refractivity contribution in [3.05, 3.63) is 39.3 Å². The fraction of sp³-hybridized carbons (Fsp3) is 0.100. The Kier molecular flexibility index (Phi) is 3.67. The van der Waals surface area contributed by atoms with Gasteiger partial charge in [0.25, 0.3) is 0 Å². The van der Waals surface area contributed by atoms with E-state index in [0.717, 1.165) is 15.9 Å². The van der Waals surface area contributed by atoms with Gasteiger partial charge in [-0.05, 0) is 6.07 Å². The minimum absolute atomic E-state index is 0.560. The maximum absolute atomic E-state index is 6.10. The minimum Gasteiger partial charge on any atom is -0.244 e. The molecule has 1 heterocycles. The summed E-state index contributed by atoms with van der Waals surface area (Å²) in [5, 5.41) is 2.83. The smallest absolute Gasteiger partial charge is 0.125 e. The maximum atomic E-state index is 6.10. The first-order valence-electron chi connectivity index (χ1n) is 4.17. The highest BCUT2D eigenvalue weighted by Gasteiger charge is 2.10. The molecule has 0 spiro atoms. The Morgan fingerprint density at radius 1 is 1.33 bits per heavy atom. The van der Waals surface area contributed by atoms with E-state index in [1.807, 2.05) is 18.3 Å². The number of halogens is 3. The van der Waals surface area contributed by atoms with Crippen molar-refractivity contribution in [2.24, 2.45) is 0 Å². The normalized spacial score (nSPS) is 10.6. The van der Waals surface area contributed by atoms with Gasteiger partial charge in [0, 0.05) is 22.0 Å². The van der Waals surface area contributed by atoms with E-state index >= 15 is 0 Å². The first kappa shape index (κ1) is 11.4. The third-order valence-corrected chi connectivity index (χ3v) is 4.69. The summed E-state index contributed by atoms with van der Waals surface area (Å²) in [6.07, 6.45) is 1.84. The minimum atomic E-state index is 0.560. The van der Waals surface area contributed by atoms with Gasteiger partial charge < -0.3 is 0 Å². The first-order valence-corrected chi connectivity index (χ1v) is 6.87. The summed E-state index contributed by atoms with van der Waals surface area (Å²) in [6, 6.07) is 5.57. The standard InChI is InChI=1S/C10H6BrCl2NS/c11-4-6-5-14-10(15-6)7-2-1-3-8(12)9(7)13/h1-3,5H,4H2. The molecule has 0 saturated heterocycles. The molecule has 2 aromatic rings. The largest absolute Gasteiger partial charge is 0.244 e. The number of hydrogen-bond donors (Lipinski definition) is 0. The zero-order valence-electron chi connectivity index (χ0n) is 7.51. The van der Waals surface area contributed by atoms with Crippen LogP contribution in [0.3, 0.4) is 0 Å². The lowest BCUT2D eigenvalue weighted by molar-refractivity contribution is 1.37. The Labute approximate surface area is 110 Å². The van der Waals surface area contributed by atoms with Gasteiger partial charge in [-0.3, -0.25) is 0 Å². The van der Waals surface area contributed by atoms with Crippen LogP contribution in [0.1, 0.15) is 4.88 Å². The Balaban J connectivity index is 2.49. The second-order valence-electron chi connectivity index (χ2n) is 2.87. The van der Waals surface area contributed by atoms with Gasteiger partial charge in [-0.15, -0.1) is 11.3 Å². The van der Waals surface area contributed by atoms with Crippen molar-refractivity contribution in [2.75, 3.05) is 0 Å². The molecule has 15 heavy (non-hydrogen) atoms. The molecule has 1 aromatic carbocycles. The summed E-state index contributed by atoms with van der Waals surface area (Å²) in [7, 11) is 0. The van der Waals surface area contributed by atoms with Crippen LogP contribution in [0.15, 0.2) is 24.4 Å². The van der Waals surface area contributed by atoms with Gasteiger partial charge in [-0.25, -0.2) is 4.98 Å². The van der Waals surface area contributed by atoms with Crippen molar-refractivity contribution in [3.8, 4) is 10.6 Å². The van der Waals surface area contributed by atoms with E-state index in [9.17, 15) is 0 Å². The summed E-state index contributed by atoms with van der Waals surface area (Å²) >= 11 is 17.0. The van der Waals surface area contributed by atoms with Gasteiger partial charge in [0.2, 0.25) is 0 Å². The summed E-state index contributed by atoms with van der Waals surface area (Å²) in [5.74, 6) is 0. The number of aromatic nitrogens is 1. The molecule has 0 fully saturated rings. The molecule has 0 atom stereocenters. The highest BCUT2D eigenvalue weighted by Crippen LogP contribution is 2.35. The van der Waals surface area contributed by atoms with Gasteiger partial charge in [-0.2, -0.15) is 0 Å². The van der Waals surface area contributed by atoms with Crippen molar-refractivity contribution in [2.45, 2.75) is 5.33 Å². The fourth-order valence-corrected chi connectivity index (χ4v) is 2.89. The van der Waals surface area contributed by atoms with Crippen LogP contribution in [0.25, 0.3) is 10.6 Å². The summed E-state index contributed by atoms with van der Waals surface area (Å²) in [5.41, 5.74) is 0.890. The predicted octanol–water partition coefficient (Wildman–Crippen LogP) is 5.01. The van der Waals surface area contributed by atoms with Crippen molar-refractivity contribution in [1.29, 1.82) is 0 Å². The van der Waals surface area contributed by atoms with E-state index in [4.69, 9.17) is 23.2 Å². The summed E-state index contributed by atoms with van der Waals surface area (Å²) in [6.45, 7) is 0. The lowest BCUT2D eigenvalue weighted by Crippen LogP contribution is -1.78. The summed E-state index contributed by atoms with van der Waals surface area (Å²) < 4.78 is 0. The molecule has 0 aliphatic heterocycles. The average molecular weight is 323 g/mol. The van der Waals surface area contributed by atoms with E-state index in [-0.39, 0.29) is 0 Å². The number of hydrogen-bond acceptors (Lipinski definition) is 2. The Bertz CT molecular complexity index is 484. The van der Waals surface area contributed by atoms with Crippen LogP contribution in [0, 0.1) is 0 Å². The molecule has 5 heteroatoms. The number of alkyl halides is 1. The second kappa shape index (κ2) is 4.83. The molecule has 78 valence electrons. The molecular formula is C10H6BrCl2NS. The maximum Gasteiger partial charge on any atom is 0.125 e. The fourth-order valence-electron chi connectivity index (χ4n) is 1.16. The van der Waals surface area contributed by atoms with Crippen LogP contribution >= 0.6 is 50.5 Å². The SMILES string of the molecule is Clc1cccc(-c2ncc(CBr)s2)c1Cl. The molecule has 0 unspecified atom stereocenters. The van der Waals surface area contributed by atoms with Crippen LogP contribution in [-0.4, -0.2) is 4.98 Å². The van der Waals surface area contributed by atoms with E-state index in [1.165, 1.54) is 4.88 Å². The Morgan fingerprint density at radius 2 is 2.13 bits per heavy atom. The van der Waals surface area contributed by atoms with E-state index in [2.05, 4.69) is 20.9 Å². The third kappa shape index (κ3) is 2.36. The molecular weight excluding hydrogens is 317 g/mol. The molecule has 0 bridgehead atoms. The average Bonchev–Trinajstić information content (AvgIpc) is 2.70. The monoisotopic (exact) mass is 321 g/mol. The summed E-state index contributed by atoms with van der Waals surface area (Å²) in [4.78, 5) is 5.47. The highest BCUT2D eigenvalue weighted by atomic mass is 79.9. The highest BCUT2D eigenvalue weighted by molar-refractivity contribution is 9.08.